The van der Waals surface area contributed by atoms with Crippen LogP contribution in [0.5, 0.6) is 0 Å². The van der Waals surface area contributed by atoms with Crippen LogP contribution in [0.4, 0.5) is 5.69 Å². The minimum atomic E-state index is -0.227. The molecule has 3 rings (SSSR count). The van der Waals surface area contributed by atoms with Crippen LogP contribution in [0.2, 0.25) is 0 Å². The van der Waals surface area contributed by atoms with Gasteiger partial charge in [-0.1, -0.05) is 26.8 Å². The van der Waals surface area contributed by atoms with Gasteiger partial charge in [-0.25, -0.2) is 4.79 Å². The minimum absolute atomic E-state index is 0.0274. The molecule has 0 saturated heterocycles. The van der Waals surface area contributed by atoms with Crippen LogP contribution < -0.4 is 5.73 Å². The molecule has 2 fully saturated rings. The first kappa shape index (κ1) is 14.4. The Morgan fingerprint density at radius 2 is 2.05 bits per heavy atom. The molecule has 0 spiro atoms. The first-order valence-corrected chi connectivity index (χ1v) is 7.83. The fourth-order valence-corrected chi connectivity index (χ4v) is 4.36. The van der Waals surface area contributed by atoms with Crippen LogP contribution in [0, 0.1) is 23.7 Å². The van der Waals surface area contributed by atoms with Crippen molar-refractivity contribution in [2.75, 3.05) is 5.73 Å². The number of hydrogen-bond acceptors (Lipinski definition) is 3. The van der Waals surface area contributed by atoms with Crippen LogP contribution >= 0.6 is 0 Å². The Kier molecular flexibility index (Phi) is 3.09. The summed E-state index contributed by atoms with van der Waals surface area (Å²) < 4.78 is 5.91. The number of aryl methyl sites for hydroxylation is 1. The second-order valence-electron chi connectivity index (χ2n) is 7.58. The third-order valence-corrected chi connectivity index (χ3v) is 6.44. The number of rotatable bonds is 2. The van der Waals surface area contributed by atoms with Gasteiger partial charge in [0.15, 0.2) is 0 Å². The number of anilines is 1. The number of nitrogen functional groups attached to an aromatic ring is 1. The summed E-state index contributed by atoms with van der Waals surface area (Å²) in [6.07, 6.45) is 3.43. The molecule has 2 N–H and O–H groups in total. The van der Waals surface area contributed by atoms with E-state index in [0.29, 0.717) is 17.2 Å². The molecule has 0 aliphatic heterocycles. The predicted octanol–water partition coefficient (Wildman–Crippen LogP) is 3.95. The van der Waals surface area contributed by atoms with E-state index in [2.05, 4.69) is 20.8 Å². The topological polar surface area (TPSA) is 52.3 Å². The molecule has 1 aromatic carbocycles. The average molecular weight is 287 g/mol. The van der Waals surface area contributed by atoms with E-state index in [1.54, 1.807) is 6.07 Å². The van der Waals surface area contributed by atoms with E-state index in [1.807, 2.05) is 19.1 Å². The smallest absolute Gasteiger partial charge is 0.338 e. The van der Waals surface area contributed by atoms with Crippen molar-refractivity contribution in [1.82, 2.24) is 0 Å². The van der Waals surface area contributed by atoms with Gasteiger partial charge in [0.05, 0.1) is 5.56 Å². The fourth-order valence-electron chi connectivity index (χ4n) is 4.36. The van der Waals surface area contributed by atoms with Crippen molar-refractivity contribution < 1.29 is 9.53 Å². The second kappa shape index (κ2) is 4.49. The van der Waals surface area contributed by atoms with Gasteiger partial charge in [0.1, 0.15) is 6.10 Å². The molecule has 1 aromatic rings. The molecule has 21 heavy (non-hydrogen) atoms. The zero-order chi connectivity index (χ0) is 15.4. The summed E-state index contributed by atoms with van der Waals surface area (Å²) in [5.74, 6) is 0.441. The number of benzene rings is 1. The standard InChI is InChI=1S/C18H25NO2/c1-11-5-6-13(19)10-14(11)16(20)21-15-9-12-7-8-18(15,4)17(12,2)3/h5-6,10,12,15H,7-9,19H2,1-4H3. The second-order valence-corrected chi connectivity index (χ2v) is 7.58. The predicted molar refractivity (Wildman–Crippen MR) is 84.0 cm³/mol. The Morgan fingerprint density at radius 3 is 2.62 bits per heavy atom. The molecule has 0 radical (unpaired) electrons. The van der Waals surface area contributed by atoms with Gasteiger partial charge >= 0.3 is 5.97 Å². The quantitative estimate of drug-likeness (QED) is 0.662. The van der Waals surface area contributed by atoms with Gasteiger partial charge in [-0.15, -0.1) is 0 Å². The lowest BCUT2D eigenvalue weighted by Gasteiger charge is -2.38. The monoisotopic (exact) mass is 287 g/mol. The highest BCUT2D eigenvalue weighted by Crippen LogP contribution is 2.66. The molecule has 3 heteroatoms. The molecule has 2 aliphatic rings. The number of nitrogens with two attached hydrogens (primary N) is 1. The molecule has 3 unspecified atom stereocenters. The van der Waals surface area contributed by atoms with Crippen molar-refractivity contribution in [1.29, 1.82) is 0 Å². The van der Waals surface area contributed by atoms with Crippen LogP contribution in [0.3, 0.4) is 0 Å². The Hall–Kier alpha value is -1.51. The van der Waals surface area contributed by atoms with Crippen molar-refractivity contribution in [3.05, 3.63) is 29.3 Å². The molecule has 3 nitrogen and oxygen atoms in total. The lowest BCUT2D eigenvalue weighted by Crippen LogP contribution is -2.38. The first-order chi connectivity index (χ1) is 9.75. The highest BCUT2D eigenvalue weighted by molar-refractivity contribution is 5.92. The Labute approximate surface area is 126 Å². The fraction of sp³-hybridized carbons (Fsp3) is 0.611. The van der Waals surface area contributed by atoms with Gasteiger partial charge in [-0.05, 0) is 55.2 Å². The van der Waals surface area contributed by atoms with E-state index in [0.717, 1.165) is 18.4 Å². The molecule has 2 bridgehead atoms. The molecule has 0 heterocycles. The molecule has 0 aromatic heterocycles. The van der Waals surface area contributed by atoms with E-state index >= 15 is 0 Å². The third kappa shape index (κ3) is 1.97. The number of carbonyl (C=O) groups excluding carboxylic acids is 1. The number of fused-ring (bicyclic) bond motifs is 2. The highest BCUT2D eigenvalue weighted by Gasteiger charge is 2.62. The number of hydrogen-bond donors (Lipinski definition) is 1. The SMILES string of the molecule is Cc1ccc(N)cc1C(=O)OC1CC2CCC1(C)C2(C)C. The summed E-state index contributed by atoms with van der Waals surface area (Å²) in [5, 5.41) is 0. The third-order valence-electron chi connectivity index (χ3n) is 6.44. The molecule has 114 valence electrons. The molecule has 2 saturated carbocycles. The zero-order valence-corrected chi connectivity index (χ0v) is 13.4. The normalized spacial score (nSPS) is 33.1. The summed E-state index contributed by atoms with van der Waals surface area (Å²) >= 11 is 0. The molecule has 3 atom stereocenters. The van der Waals surface area contributed by atoms with Gasteiger partial charge in [0.25, 0.3) is 0 Å². The van der Waals surface area contributed by atoms with E-state index in [4.69, 9.17) is 10.5 Å². The van der Waals surface area contributed by atoms with Gasteiger partial charge < -0.3 is 10.5 Å². The van der Waals surface area contributed by atoms with Gasteiger partial charge in [-0.2, -0.15) is 0 Å². The van der Waals surface area contributed by atoms with Crippen molar-refractivity contribution in [2.24, 2.45) is 16.7 Å². The van der Waals surface area contributed by atoms with E-state index < -0.39 is 0 Å². The maximum Gasteiger partial charge on any atom is 0.338 e. The summed E-state index contributed by atoms with van der Waals surface area (Å²) in [6, 6.07) is 5.41. The summed E-state index contributed by atoms with van der Waals surface area (Å²) in [7, 11) is 0. The number of ether oxygens (including phenoxy) is 1. The number of carbonyl (C=O) groups is 1. The van der Waals surface area contributed by atoms with Gasteiger partial charge in [-0.3, -0.25) is 0 Å². The van der Waals surface area contributed by atoms with Crippen molar-refractivity contribution in [3.8, 4) is 0 Å². The van der Waals surface area contributed by atoms with Crippen LogP contribution in [-0.2, 0) is 4.74 Å². The Morgan fingerprint density at radius 1 is 1.33 bits per heavy atom. The van der Waals surface area contributed by atoms with E-state index in [-0.39, 0.29) is 22.9 Å². The molecular formula is C18H25NO2. The Balaban J connectivity index is 1.82. The van der Waals surface area contributed by atoms with Crippen LogP contribution in [0.15, 0.2) is 18.2 Å². The maximum atomic E-state index is 12.5. The van der Waals surface area contributed by atoms with Gasteiger partial charge in [0, 0.05) is 11.1 Å². The largest absolute Gasteiger partial charge is 0.458 e. The number of esters is 1. The average Bonchev–Trinajstić information content (AvgIpc) is 2.74. The summed E-state index contributed by atoms with van der Waals surface area (Å²) in [6.45, 7) is 8.85. The Bertz CT molecular complexity index is 593. The van der Waals surface area contributed by atoms with Gasteiger partial charge in [0.2, 0.25) is 0 Å². The van der Waals surface area contributed by atoms with E-state index in [9.17, 15) is 4.79 Å². The zero-order valence-electron chi connectivity index (χ0n) is 13.4. The summed E-state index contributed by atoms with van der Waals surface area (Å²) in [4.78, 5) is 12.5. The molecule has 0 amide bonds. The minimum Gasteiger partial charge on any atom is -0.458 e. The lowest BCUT2D eigenvalue weighted by atomic mass is 9.70. The maximum absolute atomic E-state index is 12.5. The van der Waals surface area contributed by atoms with Crippen molar-refractivity contribution >= 4 is 11.7 Å². The van der Waals surface area contributed by atoms with Crippen LogP contribution in [0.1, 0.15) is 56.0 Å². The van der Waals surface area contributed by atoms with Crippen LogP contribution in [0.25, 0.3) is 0 Å². The molecular weight excluding hydrogens is 262 g/mol. The highest BCUT2D eigenvalue weighted by atomic mass is 16.5. The molecule has 2 aliphatic carbocycles. The first-order valence-electron chi connectivity index (χ1n) is 7.83. The van der Waals surface area contributed by atoms with Crippen molar-refractivity contribution in [3.63, 3.8) is 0 Å². The van der Waals surface area contributed by atoms with Crippen LogP contribution in [-0.4, -0.2) is 12.1 Å². The lowest BCUT2D eigenvalue weighted by molar-refractivity contribution is -0.0243. The van der Waals surface area contributed by atoms with E-state index in [1.165, 1.54) is 6.42 Å². The summed E-state index contributed by atoms with van der Waals surface area (Å²) in [5.41, 5.74) is 8.27. The van der Waals surface area contributed by atoms with Crippen molar-refractivity contribution in [2.45, 2.75) is 53.1 Å².